The van der Waals surface area contributed by atoms with Crippen LogP contribution in [0.3, 0.4) is 0 Å². The van der Waals surface area contributed by atoms with E-state index in [1.165, 1.54) is 64.2 Å². The van der Waals surface area contributed by atoms with Gasteiger partial charge in [0.2, 0.25) is 0 Å². The molecule has 0 aliphatic rings. The van der Waals surface area contributed by atoms with E-state index in [2.05, 4.69) is 63.2 Å². The van der Waals surface area contributed by atoms with Crippen LogP contribution in [0, 0.1) is 5.41 Å². The van der Waals surface area contributed by atoms with Crippen molar-refractivity contribution in [2.75, 3.05) is 5.75 Å². The second-order valence-corrected chi connectivity index (χ2v) is 11.2. The summed E-state index contributed by atoms with van der Waals surface area (Å²) >= 11 is 1.90. The van der Waals surface area contributed by atoms with Gasteiger partial charge in [-0.2, -0.15) is 0 Å². The quantitative estimate of drug-likeness (QED) is 0.217. The highest BCUT2D eigenvalue weighted by atomic mass is 32.2. The Labute approximate surface area is 179 Å². The zero-order valence-electron chi connectivity index (χ0n) is 19.9. The lowest BCUT2D eigenvalue weighted by Gasteiger charge is -2.35. The molecule has 0 bridgehead atoms. The van der Waals surface area contributed by atoms with Gasteiger partial charge in [-0.3, -0.25) is 0 Å². The van der Waals surface area contributed by atoms with E-state index < -0.39 is 0 Å². The van der Waals surface area contributed by atoms with Gasteiger partial charge in [0.25, 0.3) is 0 Å². The number of hydrogen-bond acceptors (Lipinski definition) is 3. The van der Waals surface area contributed by atoms with Gasteiger partial charge in [-0.05, 0) is 32.1 Å². The molecule has 0 fully saturated rings. The van der Waals surface area contributed by atoms with Gasteiger partial charge >= 0.3 is 0 Å². The number of aryl methyl sites for hydroxylation is 1. The SMILES string of the molecule is CCCCCCCCCCCCSc1nnc(CC)n1C(C)(C)CC(C)(C)C. The van der Waals surface area contributed by atoms with Gasteiger partial charge in [-0.1, -0.05) is 104 Å². The zero-order valence-corrected chi connectivity index (χ0v) is 20.8. The molecule has 28 heavy (non-hydrogen) atoms. The number of rotatable bonds is 15. The molecule has 0 saturated heterocycles. The van der Waals surface area contributed by atoms with E-state index in [1.807, 2.05) is 11.8 Å². The molecule has 164 valence electrons. The second kappa shape index (κ2) is 12.9. The summed E-state index contributed by atoms with van der Waals surface area (Å²) in [6, 6.07) is 0. The normalized spacial score (nSPS) is 12.7. The first kappa shape index (κ1) is 25.5. The number of aromatic nitrogens is 3. The van der Waals surface area contributed by atoms with Crippen LogP contribution in [-0.2, 0) is 12.0 Å². The first-order chi connectivity index (χ1) is 13.2. The fourth-order valence-corrected chi connectivity index (χ4v) is 5.47. The standard InChI is InChI=1S/C24H47N3S/c1-8-10-11-12-13-14-15-16-17-18-19-28-22-26-25-21(9-2)27(22)24(6,7)20-23(3,4)5/h8-20H2,1-7H3. The van der Waals surface area contributed by atoms with Crippen molar-refractivity contribution < 1.29 is 0 Å². The molecular weight excluding hydrogens is 362 g/mol. The number of thioether (sulfide) groups is 1. The molecule has 0 saturated carbocycles. The van der Waals surface area contributed by atoms with Crippen molar-refractivity contribution in [3.05, 3.63) is 5.82 Å². The fraction of sp³-hybridized carbons (Fsp3) is 0.917. The van der Waals surface area contributed by atoms with Crippen molar-refractivity contribution in [2.24, 2.45) is 5.41 Å². The number of nitrogens with zero attached hydrogens (tertiary/aromatic N) is 3. The van der Waals surface area contributed by atoms with E-state index in [0.29, 0.717) is 0 Å². The Morgan fingerprint density at radius 3 is 1.79 bits per heavy atom. The number of hydrogen-bond donors (Lipinski definition) is 0. The predicted octanol–water partition coefficient (Wildman–Crippen LogP) is 8.02. The molecule has 0 amide bonds. The van der Waals surface area contributed by atoms with Gasteiger partial charge in [-0.25, -0.2) is 0 Å². The minimum atomic E-state index is 0.0488. The predicted molar refractivity (Wildman–Crippen MR) is 125 cm³/mol. The van der Waals surface area contributed by atoms with Crippen LogP contribution in [0.2, 0.25) is 0 Å². The van der Waals surface area contributed by atoms with Crippen LogP contribution in [0.15, 0.2) is 5.16 Å². The lowest BCUT2D eigenvalue weighted by Crippen LogP contribution is -2.33. The summed E-state index contributed by atoms with van der Waals surface area (Å²) in [5.74, 6) is 2.28. The van der Waals surface area contributed by atoms with Gasteiger partial charge in [-0.15, -0.1) is 10.2 Å². The van der Waals surface area contributed by atoms with Crippen LogP contribution in [-0.4, -0.2) is 20.5 Å². The van der Waals surface area contributed by atoms with Gasteiger partial charge in [0.05, 0.1) is 0 Å². The summed E-state index contributed by atoms with van der Waals surface area (Å²) < 4.78 is 2.42. The summed E-state index contributed by atoms with van der Waals surface area (Å²) in [4.78, 5) is 0. The molecule has 0 N–H and O–H groups in total. The minimum absolute atomic E-state index is 0.0488. The van der Waals surface area contributed by atoms with Crippen molar-refractivity contribution in [2.45, 2.75) is 136 Å². The van der Waals surface area contributed by atoms with Crippen molar-refractivity contribution in [1.29, 1.82) is 0 Å². The van der Waals surface area contributed by atoms with Crippen molar-refractivity contribution in [3.63, 3.8) is 0 Å². The Bertz CT molecular complexity index is 528. The average molecular weight is 410 g/mol. The molecule has 0 radical (unpaired) electrons. The fourth-order valence-electron chi connectivity index (χ4n) is 4.36. The van der Waals surface area contributed by atoms with E-state index in [1.54, 1.807) is 0 Å². The number of unbranched alkanes of at least 4 members (excludes halogenated alkanes) is 9. The summed E-state index contributed by atoms with van der Waals surface area (Å²) in [7, 11) is 0. The van der Waals surface area contributed by atoms with E-state index in [9.17, 15) is 0 Å². The molecule has 1 rings (SSSR count). The highest BCUT2D eigenvalue weighted by molar-refractivity contribution is 7.99. The van der Waals surface area contributed by atoms with E-state index in [4.69, 9.17) is 0 Å². The maximum absolute atomic E-state index is 4.54. The smallest absolute Gasteiger partial charge is 0.191 e. The van der Waals surface area contributed by atoms with Crippen LogP contribution < -0.4 is 0 Å². The van der Waals surface area contributed by atoms with Gasteiger partial charge in [0.15, 0.2) is 5.16 Å². The third kappa shape index (κ3) is 9.80. The van der Waals surface area contributed by atoms with Crippen molar-refractivity contribution in [1.82, 2.24) is 14.8 Å². The minimum Gasteiger partial charge on any atom is -0.300 e. The van der Waals surface area contributed by atoms with Crippen LogP contribution in [0.5, 0.6) is 0 Å². The summed E-state index contributed by atoms with van der Waals surface area (Å²) in [6.07, 6.45) is 16.0. The van der Waals surface area contributed by atoms with Crippen LogP contribution in [0.25, 0.3) is 0 Å². The van der Waals surface area contributed by atoms with Crippen molar-refractivity contribution >= 4 is 11.8 Å². The zero-order chi connectivity index (χ0) is 21.0. The van der Waals surface area contributed by atoms with E-state index >= 15 is 0 Å². The lowest BCUT2D eigenvalue weighted by molar-refractivity contribution is 0.199. The largest absolute Gasteiger partial charge is 0.300 e. The molecule has 0 atom stereocenters. The molecule has 1 aromatic heterocycles. The van der Waals surface area contributed by atoms with Crippen molar-refractivity contribution in [3.8, 4) is 0 Å². The van der Waals surface area contributed by atoms with Gasteiger partial charge in [0, 0.05) is 17.7 Å². The summed E-state index contributed by atoms with van der Waals surface area (Å²) in [6.45, 7) is 16.1. The Balaban J connectivity index is 2.38. The summed E-state index contributed by atoms with van der Waals surface area (Å²) in [5, 5.41) is 10.1. The molecule has 0 aliphatic heterocycles. The topological polar surface area (TPSA) is 30.7 Å². The average Bonchev–Trinajstić information content (AvgIpc) is 3.01. The Kier molecular flexibility index (Phi) is 11.8. The van der Waals surface area contributed by atoms with Crippen LogP contribution >= 0.6 is 11.8 Å². The molecule has 0 spiro atoms. The first-order valence-corrected chi connectivity index (χ1v) is 12.8. The molecule has 4 heteroatoms. The van der Waals surface area contributed by atoms with Crippen LogP contribution in [0.4, 0.5) is 0 Å². The lowest BCUT2D eigenvalue weighted by atomic mass is 9.81. The molecule has 1 heterocycles. The monoisotopic (exact) mass is 409 g/mol. The Morgan fingerprint density at radius 1 is 0.750 bits per heavy atom. The molecule has 0 aromatic carbocycles. The maximum Gasteiger partial charge on any atom is 0.191 e. The molecule has 3 nitrogen and oxygen atoms in total. The molecular formula is C24H47N3S. The third-order valence-electron chi connectivity index (χ3n) is 5.31. The highest BCUT2D eigenvalue weighted by Crippen LogP contribution is 2.36. The van der Waals surface area contributed by atoms with Gasteiger partial charge < -0.3 is 4.57 Å². The summed E-state index contributed by atoms with van der Waals surface area (Å²) in [5.41, 5.74) is 0.338. The Hall–Kier alpha value is -0.510. The first-order valence-electron chi connectivity index (χ1n) is 11.8. The van der Waals surface area contributed by atoms with E-state index in [-0.39, 0.29) is 11.0 Å². The Morgan fingerprint density at radius 2 is 1.29 bits per heavy atom. The maximum atomic E-state index is 4.54. The molecule has 0 unspecified atom stereocenters. The third-order valence-corrected chi connectivity index (χ3v) is 6.33. The van der Waals surface area contributed by atoms with Crippen LogP contribution in [0.1, 0.15) is 125 Å². The molecule has 0 aliphatic carbocycles. The van der Waals surface area contributed by atoms with Gasteiger partial charge in [0.1, 0.15) is 5.82 Å². The molecule has 1 aromatic rings. The highest BCUT2D eigenvalue weighted by Gasteiger charge is 2.31. The van der Waals surface area contributed by atoms with E-state index in [0.717, 1.165) is 29.6 Å². The second-order valence-electron chi connectivity index (χ2n) is 10.2.